The number of nitrogens with one attached hydrogen (secondary N) is 2. The fourth-order valence-electron chi connectivity index (χ4n) is 10.0. The zero-order valence-electron chi connectivity index (χ0n) is 33.5. The van der Waals surface area contributed by atoms with Gasteiger partial charge in [-0.1, -0.05) is 11.6 Å². The molecule has 3 amide bonds. The Morgan fingerprint density at radius 1 is 0.917 bits per heavy atom. The van der Waals surface area contributed by atoms with Crippen LogP contribution in [-0.4, -0.2) is 129 Å². The maximum absolute atomic E-state index is 13.4. The lowest BCUT2D eigenvalue weighted by atomic mass is 9.71. The van der Waals surface area contributed by atoms with Crippen molar-refractivity contribution in [3.05, 3.63) is 70.1 Å². The Labute approximate surface area is 353 Å². The second kappa shape index (κ2) is 16.9. The summed E-state index contributed by atoms with van der Waals surface area (Å²) in [6, 6.07) is 12.0. The molecule has 1 aliphatic carbocycles. The van der Waals surface area contributed by atoms with Crippen molar-refractivity contribution in [2.75, 3.05) is 55.6 Å². The van der Waals surface area contributed by atoms with Gasteiger partial charge in [0.05, 0.1) is 34.5 Å². The highest BCUT2D eigenvalue weighted by molar-refractivity contribution is 6.31. The minimum Gasteiger partial charge on any atom is -0.489 e. The van der Waals surface area contributed by atoms with E-state index in [2.05, 4.69) is 40.5 Å². The van der Waals surface area contributed by atoms with Gasteiger partial charge in [0.2, 0.25) is 0 Å². The molecule has 4 N–H and O–H groups in total. The molecule has 3 aromatic rings. The van der Waals surface area contributed by atoms with E-state index < -0.39 is 24.4 Å². The summed E-state index contributed by atoms with van der Waals surface area (Å²) in [5.41, 5.74) is 2.45. The van der Waals surface area contributed by atoms with Gasteiger partial charge in [0, 0.05) is 55.9 Å². The van der Waals surface area contributed by atoms with E-state index in [-0.39, 0.29) is 40.1 Å². The number of likely N-dealkylation sites (tertiary alicyclic amines) is 1. The lowest BCUT2D eigenvalue weighted by Crippen LogP contribution is -2.60. The molecule has 9 rings (SSSR count). The summed E-state index contributed by atoms with van der Waals surface area (Å²) in [5, 5.41) is 44.0. The predicted molar refractivity (Wildman–Crippen MR) is 221 cm³/mol. The van der Waals surface area contributed by atoms with E-state index in [1.165, 1.54) is 6.20 Å². The molecule has 7 heterocycles. The van der Waals surface area contributed by atoms with Crippen LogP contribution >= 0.6 is 11.6 Å². The van der Waals surface area contributed by atoms with Crippen molar-refractivity contribution >= 4 is 40.8 Å². The first-order chi connectivity index (χ1) is 29.0. The molecule has 1 aromatic carbocycles. The second-order valence-corrected chi connectivity index (χ2v) is 17.9. The molecule has 316 valence electrons. The second-order valence-electron chi connectivity index (χ2n) is 17.5. The summed E-state index contributed by atoms with van der Waals surface area (Å²) in [6.07, 6.45) is 7.69. The molecule has 3 atom stereocenters. The van der Waals surface area contributed by atoms with Crippen molar-refractivity contribution in [2.24, 2.45) is 11.3 Å². The summed E-state index contributed by atoms with van der Waals surface area (Å²) in [4.78, 5) is 52.0. The zero-order valence-corrected chi connectivity index (χ0v) is 34.3. The van der Waals surface area contributed by atoms with Gasteiger partial charge in [-0.05, 0) is 114 Å². The van der Waals surface area contributed by atoms with Gasteiger partial charge in [0.1, 0.15) is 24.3 Å². The number of amides is 3. The predicted octanol–water partition coefficient (Wildman–Crippen LogP) is 3.32. The van der Waals surface area contributed by atoms with Gasteiger partial charge in [-0.3, -0.25) is 24.6 Å². The SMILES string of the molecule is N#Cc1ncc(O[C@H]2CC[C@H](NC(=O)c3ccc(N4CCC(CN5CCC6(CC5)CN(c5ccc7c(c5)C(=O)N(C5CCC(O)NC5O)C7=O)C6)CC4)nn3)CC2)cc1Cl. The number of carbonyl (C=O) groups is 3. The summed E-state index contributed by atoms with van der Waals surface area (Å²) in [7, 11) is 0. The Hall–Kier alpha value is -4.92. The number of aliphatic hydroxyl groups is 2. The van der Waals surface area contributed by atoms with Crippen LogP contribution in [0.5, 0.6) is 5.75 Å². The normalized spacial score (nSPS) is 27.0. The molecule has 60 heavy (non-hydrogen) atoms. The van der Waals surface area contributed by atoms with Crippen LogP contribution in [0, 0.1) is 22.7 Å². The first-order valence-corrected chi connectivity index (χ1v) is 21.7. The number of anilines is 2. The summed E-state index contributed by atoms with van der Waals surface area (Å²) in [6.45, 7) is 6.91. The van der Waals surface area contributed by atoms with Crippen LogP contribution in [0.2, 0.25) is 5.02 Å². The molecule has 5 aliphatic heterocycles. The third kappa shape index (κ3) is 8.25. The number of carbonyl (C=O) groups excluding carboxylic acids is 3. The van der Waals surface area contributed by atoms with Crippen LogP contribution < -0.4 is 25.2 Å². The number of aromatic nitrogens is 3. The van der Waals surface area contributed by atoms with Gasteiger partial charge >= 0.3 is 0 Å². The number of pyridine rings is 1. The van der Waals surface area contributed by atoms with Crippen molar-refractivity contribution < 1.29 is 29.3 Å². The van der Waals surface area contributed by atoms with Gasteiger partial charge in [-0.2, -0.15) is 5.26 Å². The van der Waals surface area contributed by atoms with Gasteiger partial charge in [-0.15, -0.1) is 10.2 Å². The molecule has 1 spiro atoms. The monoisotopic (exact) mass is 838 g/mol. The van der Waals surface area contributed by atoms with Crippen molar-refractivity contribution in [3.8, 4) is 11.8 Å². The van der Waals surface area contributed by atoms with E-state index in [4.69, 9.17) is 21.6 Å². The first kappa shape index (κ1) is 40.5. The number of aliphatic hydroxyl groups excluding tert-OH is 2. The lowest BCUT2D eigenvalue weighted by molar-refractivity contribution is -0.0413. The highest BCUT2D eigenvalue weighted by atomic mass is 35.5. The van der Waals surface area contributed by atoms with Gasteiger partial charge < -0.3 is 35.0 Å². The van der Waals surface area contributed by atoms with E-state index in [0.717, 1.165) is 114 Å². The van der Waals surface area contributed by atoms with E-state index in [1.54, 1.807) is 18.2 Å². The van der Waals surface area contributed by atoms with Crippen LogP contribution in [0.3, 0.4) is 0 Å². The lowest BCUT2D eigenvalue weighted by Gasteiger charge is -2.55. The molecule has 3 unspecified atom stereocenters. The number of rotatable bonds is 9. The Morgan fingerprint density at radius 2 is 1.67 bits per heavy atom. The molecule has 4 saturated heterocycles. The standard InChI is InChI=1S/C43H51ClN10O6/c44-33-20-30(22-46-35(33)21-45)60-29-4-1-27(2-5-29)47-39(56)34-7-9-37(50-49-34)52-15-11-26(12-16-52)23-51-17-13-43(14-18-51)24-53(25-43)28-3-6-31-32(19-28)42(59)54(41(31)58)36-8-10-38(55)48-40(36)57/h3,6-7,9,19-20,22,26-27,29,36,38,40,48,55,57H,1-2,4-5,8,10-18,23-25H2,(H,47,56)/t27-,29-,36?,38?,40?. The number of nitriles is 1. The number of benzene rings is 1. The van der Waals surface area contributed by atoms with Crippen molar-refractivity contribution in [3.63, 3.8) is 0 Å². The third-order valence-corrected chi connectivity index (χ3v) is 13.9. The van der Waals surface area contributed by atoms with E-state index in [1.807, 2.05) is 24.3 Å². The fourth-order valence-corrected chi connectivity index (χ4v) is 10.2. The van der Waals surface area contributed by atoms with Crippen molar-refractivity contribution in [1.82, 2.24) is 35.6 Å². The van der Waals surface area contributed by atoms with Crippen LogP contribution in [-0.2, 0) is 0 Å². The quantitative estimate of drug-likeness (QED) is 0.229. The summed E-state index contributed by atoms with van der Waals surface area (Å²) >= 11 is 6.09. The number of nitrogens with zero attached hydrogens (tertiary/aromatic N) is 8. The number of hydrogen-bond donors (Lipinski definition) is 4. The Kier molecular flexibility index (Phi) is 11.4. The minimum absolute atomic E-state index is 0.0125. The average molecular weight is 839 g/mol. The molecule has 0 bridgehead atoms. The molecular formula is C43H51ClN10O6. The molecule has 1 saturated carbocycles. The van der Waals surface area contributed by atoms with Crippen LogP contribution in [0.15, 0.2) is 42.6 Å². The number of ether oxygens (including phenoxy) is 1. The maximum atomic E-state index is 13.4. The molecular weight excluding hydrogens is 788 g/mol. The summed E-state index contributed by atoms with van der Waals surface area (Å²) < 4.78 is 6.03. The number of hydrogen-bond acceptors (Lipinski definition) is 14. The van der Waals surface area contributed by atoms with E-state index in [0.29, 0.717) is 41.3 Å². The molecule has 16 nitrogen and oxygen atoms in total. The average Bonchev–Trinajstić information content (AvgIpc) is 3.49. The van der Waals surface area contributed by atoms with Gasteiger partial charge in [0.25, 0.3) is 17.7 Å². The number of fused-ring (bicyclic) bond motifs is 1. The molecule has 6 aliphatic rings. The van der Waals surface area contributed by atoms with Crippen molar-refractivity contribution in [1.29, 1.82) is 5.26 Å². The fraction of sp³-hybridized carbons (Fsp3) is 0.558. The zero-order chi connectivity index (χ0) is 41.5. The number of halogens is 1. The topological polar surface area (TPSA) is 200 Å². The molecule has 5 fully saturated rings. The maximum Gasteiger partial charge on any atom is 0.272 e. The number of imide groups is 1. The Balaban J connectivity index is 0.682. The van der Waals surface area contributed by atoms with Crippen LogP contribution in [0.25, 0.3) is 0 Å². The largest absolute Gasteiger partial charge is 0.489 e. The molecule has 0 radical (unpaired) electrons. The Bertz CT molecular complexity index is 2140. The van der Waals surface area contributed by atoms with Gasteiger partial charge in [-0.25, -0.2) is 4.98 Å². The highest BCUT2D eigenvalue weighted by Gasteiger charge is 2.47. The molecule has 2 aromatic heterocycles. The van der Waals surface area contributed by atoms with E-state index in [9.17, 15) is 24.6 Å². The third-order valence-electron chi connectivity index (χ3n) is 13.6. The smallest absolute Gasteiger partial charge is 0.272 e. The van der Waals surface area contributed by atoms with Crippen molar-refractivity contribution in [2.45, 2.75) is 94.9 Å². The number of piperidine rings is 3. The van der Waals surface area contributed by atoms with E-state index >= 15 is 0 Å². The van der Waals surface area contributed by atoms with Crippen LogP contribution in [0.4, 0.5) is 11.5 Å². The Morgan fingerprint density at radius 3 is 2.35 bits per heavy atom. The first-order valence-electron chi connectivity index (χ1n) is 21.3. The van der Waals surface area contributed by atoms with Gasteiger partial charge in [0.15, 0.2) is 17.2 Å². The van der Waals surface area contributed by atoms with Crippen LogP contribution in [0.1, 0.15) is 101 Å². The molecule has 17 heteroatoms. The summed E-state index contributed by atoms with van der Waals surface area (Å²) in [5.74, 6) is 0.954. The highest BCUT2D eigenvalue weighted by Crippen LogP contribution is 2.44. The minimum atomic E-state index is -1.17.